The second-order valence-corrected chi connectivity index (χ2v) is 7.36. The summed E-state index contributed by atoms with van der Waals surface area (Å²) in [6.07, 6.45) is 3.75. The minimum absolute atomic E-state index is 0.154. The molecule has 5 heteroatoms. The molecule has 154 valence electrons. The number of anilines is 1. The van der Waals surface area contributed by atoms with E-state index in [-0.39, 0.29) is 6.61 Å². The lowest BCUT2D eigenvalue weighted by molar-refractivity contribution is 0.161. The molecule has 5 nitrogen and oxygen atoms in total. The highest BCUT2D eigenvalue weighted by atomic mass is 16.5. The van der Waals surface area contributed by atoms with Crippen LogP contribution < -0.4 is 4.90 Å². The molecule has 0 fully saturated rings. The van der Waals surface area contributed by atoms with Crippen molar-refractivity contribution in [1.29, 1.82) is 5.26 Å². The lowest BCUT2D eigenvalue weighted by atomic mass is 10.0. The van der Waals surface area contributed by atoms with E-state index in [9.17, 15) is 0 Å². The molecular formula is C25H28N4O. The molecule has 1 aromatic heterocycles. The predicted octanol–water partition coefficient (Wildman–Crippen LogP) is 5.35. The standard InChI is InChI=1S/C25H28N4O/c1-20(2)29(16-9-10-17-30-18-15-26)23-19-27-24(21-11-5-3-6-12-21)25(28-23)22-13-7-4-8-14-22/h3-8,11-14,19-20H,9-10,16-18H2,1-2H3. The van der Waals surface area contributed by atoms with Crippen molar-refractivity contribution < 1.29 is 4.74 Å². The van der Waals surface area contributed by atoms with Gasteiger partial charge in [0.1, 0.15) is 12.4 Å². The van der Waals surface area contributed by atoms with Crippen molar-refractivity contribution in [2.24, 2.45) is 0 Å². The summed E-state index contributed by atoms with van der Waals surface area (Å²) in [6, 6.07) is 22.7. The SMILES string of the molecule is CC(C)N(CCCCOCC#N)c1cnc(-c2ccccc2)c(-c2ccccc2)n1. The van der Waals surface area contributed by atoms with Crippen molar-refractivity contribution in [2.45, 2.75) is 32.7 Å². The number of nitriles is 1. The van der Waals surface area contributed by atoms with E-state index in [1.165, 1.54) is 0 Å². The average Bonchev–Trinajstić information content (AvgIpc) is 2.79. The second kappa shape index (κ2) is 11.1. The third kappa shape index (κ3) is 5.65. The molecule has 0 saturated carbocycles. The highest BCUT2D eigenvalue weighted by Gasteiger charge is 2.17. The van der Waals surface area contributed by atoms with Crippen molar-refractivity contribution in [3.05, 3.63) is 66.9 Å². The third-order valence-electron chi connectivity index (χ3n) is 4.88. The van der Waals surface area contributed by atoms with Gasteiger partial charge in [-0.3, -0.25) is 4.98 Å². The summed E-state index contributed by atoms with van der Waals surface area (Å²) in [5.41, 5.74) is 3.89. The number of unbranched alkanes of at least 4 members (excludes halogenated alkanes) is 1. The van der Waals surface area contributed by atoms with Gasteiger partial charge in [-0.2, -0.15) is 5.26 Å². The molecule has 0 amide bonds. The Kier molecular flexibility index (Phi) is 7.94. The van der Waals surface area contributed by atoms with Crippen LogP contribution in [0.3, 0.4) is 0 Å². The first-order valence-electron chi connectivity index (χ1n) is 10.4. The van der Waals surface area contributed by atoms with Crippen molar-refractivity contribution in [3.63, 3.8) is 0 Å². The van der Waals surface area contributed by atoms with Gasteiger partial charge in [-0.1, -0.05) is 60.7 Å². The maximum Gasteiger partial charge on any atom is 0.148 e. The summed E-state index contributed by atoms with van der Waals surface area (Å²) in [6.45, 7) is 5.96. The van der Waals surface area contributed by atoms with Crippen LogP contribution >= 0.6 is 0 Å². The van der Waals surface area contributed by atoms with Crippen LogP contribution in [0.5, 0.6) is 0 Å². The van der Waals surface area contributed by atoms with Crippen LogP contribution in [0, 0.1) is 11.3 Å². The van der Waals surface area contributed by atoms with E-state index in [1.807, 2.05) is 48.7 Å². The van der Waals surface area contributed by atoms with Crippen molar-refractivity contribution in [2.75, 3.05) is 24.7 Å². The topological polar surface area (TPSA) is 62.0 Å². The Balaban J connectivity index is 1.88. The van der Waals surface area contributed by atoms with E-state index in [4.69, 9.17) is 20.0 Å². The summed E-state index contributed by atoms with van der Waals surface area (Å²) < 4.78 is 5.26. The maximum absolute atomic E-state index is 8.56. The number of rotatable bonds is 10. The highest BCUT2D eigenvalue weighted by Crippen LogP contribution is 2.30. The molecule has 3 aromatic rings. The van der Waals surface area contributed by atoms with Crippen LogP contribution in [0.4, 0.5) is 5.82 Å². The summed E-state index contributed by atoms with van der Waals surface area (Å²) in [5.74, 6) is 0.876. The van der Waals surface area contributed by atoms with Crippen molar-refractivity contribution in [3.8, 4) is 28.6 Å². The summed E-state index contributed by atoms with van der Waals surface area (Å²) in [4.78, 5) is 12.2. The molecule has 0 unspecified atom stereocenters. The molecule has 1 heterocycles. The van der Waals surface area contributed by atoms with Crippen molar-refractivity contribution >= 4 is 5.82 Å². The Labute approximate surface area is 179 Å². The zero-order valence-electron chi connectivity index (χ0n) is 17.7. The molecule has 0 spiro atoms. The molecule has 30 heavy (non-hydrogen) atoms. The normalized spacial score (nSPS) is 10.7. The van der Waals surface area contributed by atoms with Gasteiger partial charge in [-0.05, 0) is 26.7 Å². The lowest BCUT2D eigenvalue weighted by Gasteiger charge is -2.28. The molecule has 0 N–H and O–H groups in total. The molecular weight excluding hydrogens is 372 g/mol. The lowest BCUT2D eigenvalue weighted by Crippen LogP contribution is -2.33. The fourth-order valence-corrected chi connectivity index (χ4v) is 3.36. The zero-order valence-corrected chi connectivity index (χ0v) is 17.7. The average molecular weight is 401 g/mol. The highest BCUT2D eigenvalue weighted by molar-refractivity contribution is 5.78. The largest absolute Gasteiger partial charge is 0.367 e. The van der Waals surface area contributed by atoms with Gasteiger partial charge in [0.25, 0.3) is 0 Å². The first-order valence-corrected chi connectivity index (χ1v) is 10.4. The smallest absolute Gasteiger partial charge is 0.148 e. The first kappa shape index (κ1) is 21.5. The molecule has 0 saturated heterocycles. The molecule has 3 rings (SSSR count). The van der Waals surface area contributed by atoms with E-state index in [0.29, 0.717) is 12.6 Å². The monoisotopic (exact) mass is 400 g/mol. The van der Waals surface area contributed by atoms with E-state index in [0.717, 1.165) is 47.7 Å². The second-order valence-electron chi connectivity index (χ2n) is 7.36. The van der Waals surface area contributed by atoms with Crippen LogP contribution in [0.25, 0.3) is 22.5 Å². The Morgan fingerprint density at radius 3 is 2.17 bits per heavy atom. The van der Waals surface area contributed by atoms with Crippen LogP contribution in [-0.2, 0) is 4.74 Å². The Morgan fingerprint density at radius 2 is 1.57 bits per heavy atom. The van der Waals surface area contributed by atoms with Gasteiger partial charge in [-0.25, -0.2) is 4.98 Å². The quantitative estimate of drug-likeness (QED) is 0.430. The minimum atomic E-state index is 0.154. The molecule has 0 aliphatic carbocycles. The summed E-state index contributed by atoms with van der Waals surface area (Å²) in [7, 11) is 0. The molecule has 0 radical (unpaired) electrons. The van der Waals surface area contributed by atoms with Gasteiger partial charge in [0.05, 0.1) is 23.7 Å². The van der Waals surface area contributed by atoms with Crippen LogP contribution in [0.1, 0.15) is 26.7 Å². The van der Waals surface area contributed by atoms with Gasteiger partial charge < -0.3 is 9.64 Å². The first-order chi connectivity index (χ1) is 14.7. The summed E-state index contributed by atoms with van der Waals surface area (Å²) >= 11 is 0. The number of ether oxygens (including phenoxy) is 1. The van der Waals surface area contributed by atoms with Crippen molar-refractivity contribution in [1.82, 2.24) is 9.97 Å². The van der Waals surface area contributed by atoms with Crippen LogP contribution in [0.15, 0.2) is 66.9 Å². The molecule has 0 aliphatic rings. The van der Waals surface area contributed by atoms with Gasteiger partial charge in [0, 0.05) is 30.3 Å². The molecule has 0 bridgehead atoms. The van der Waals surface area contributed by atoms with E-state index in [2.05, 4.69) is 43.0 Å². The van der Waals surface area contributed by atoms with Gasteiger partial charge in [-0.15, -0.1) is 0 Å². The number of aromatic nitrogens is 2. The predicted molar refractivity (Wildman–Crippen MR) is 121 cm³/mol. The van der Waals surface area contributed by atoms with E-state index < -0.39 is 0 Å². The fourth-order valence-electron chi connectivity index (χ4n) is 3.36. The van der Waals surface area contributed by atoms with E-state index >= 15 is 0 Å². The fraction of sp³-hybridized carbons (Fsp3) is 0.320. The Bertz CT molecular complexity index is 952. The van der Waals surface area contributed by atoms with Gasteiger partial charge in [0.15, 0.2) is 0 Å². The van der Waals surface area contributed by atoms with Gasteiger partial charge >= 0.3 is 0 Å². The number of benzene rings is 2. The molecule has 2 aromatic carbocycles. The Morgan fingerprint density at radius 1 is 0.933 bits per heavy atom. The van der Waals surface area contributed by atoms with E-state index in [1.54, 1.807) is 0 Å². The number of nitrogens with zero attached hydrogens (tertiary/aromatic N) is 4. The Hall–Kier alpha value is -3.23. The number of hydrogen-bond donors (Lipinski definition) is 0. The van der Waals surface area contributed by atoms with Crippen LogP contribution in [-0.4, -0.2) is 35.8 Å². The number of hydrogen-bond acceptors (Lipinski definition) is 5. The minimum Gasteiger partial charge on any atom is -0.367 e. The summed E-state index contributed by atoms with van der Waals surface area (Å²) in [5, 5.41) is 8.56. The van der Waals surface area contributed by atoms with Gasteiger partial charge in [0.2, 0.25) is 0 Å². The zero-order chi connectivity index (χ0) is 21.2. The molecule has 0 aliphatic heterocycles. The maximum atomic E-state index is 8.56. The van der Waals surface area contributed by atoms with Crippen LogP contribution in [0.2, 0.25) is 0 Å². The molecule has 0 atom stereocenters. The third-order valence-corrected chi connectivity index (χ3v) is 4.88.